The second-order valence-corrected chi connectivity index (χ2v) is 9.78. The molecule has 0 radical (unpaired) electrons. The van der Waals surface area contributed by atoms with Gasteiger partial charge in [-0.2, -0.15) is 0 Å². The Kier molecular flexibility index (Phi) is 10.3. The molecule has 2 aromatic rings. The molecule has 0 spiro atoms. The Morgan fingerprint density at radius 3 is 0.872 bits per heavy atom. The lowest BCUT2D eigenvalue weighted by atomic mass is 10.3. The standard InChI is InChI=1S/C26H36N6O7/c1-17(2)13-29-21(33)27(22(34)30(25(29)37)14-18(3)4)9-11-39-12-10-28-23(35)31(15-19(5)6)26(38)32(24(28)36)16-20(7)8/h1,3,5,7,9-16H2,2,4,6,8H3. The summed E-state index contributed by atoms with van der Waals surface area (Å²) >= 11 is 0. The molecule has 0 aliphatic heterocycles. The van der Waals surface area contributed by atoms with Gasteiger partial charge in [0.25, 0.3) is 0 Å². The van der Waals surface area contributed by atoms with Crippen LogP contribution < -0.4 is 34.1 Å². The lowest BCUT2D eigenvalue weighted by molar-refractivity contribution is 0.113. The fourth-order valence-electron chi connectivity index (χ4n) is 3.78. The Hall–Kier alpha value is -4.26. The van der Waals surface area contributed by atoms with Gasteiger partial charge in [-0.15, -0.1) is 0 Å². The van der Waals surface area contributed by atoms with Gasteiger partial charge in [-0.25, -0.2) is 56.2 Å². The maximum absolute atomic E-state index is 12.9. The first-order valence-electron chi connectivity index (χ1n) is 12.2. The molecule has 2 aromatic heterocycles. The van der Waals surface area contributed by atoms with Crippen molar-refractivity contribution >= 4 is 0 Å². The quantitative estimate of drug-likeness (QED) is 0.234. The molecule has 0 saturated carbocycles. The van der Waals surface area contributed by atoms with Crippen molar-refractivity contribution in [1.29, 1.82) is 0 Å². The molecule has 2 rings (SSSR count). The number of hydrogen-bond donors (Lipinski definition) is 0. The van der Waals surface area contributed by atoms with Crippen molar-refractivity contribution < 1.29 is 4.74 Å². The highest BCUT2D eigenvalue weighted by atomic mass is 16.5. The molecule has 0 aromatic carbocycles. The van der Waals surface area contributed by atoms with Crippen LogP contribution in [0.5, 0.6) is 0 Å². The SMILES string of the molecule is C=C(C)Cn1c(=O)n(CCOCCn2c(=O)n(CC(=C)C)c(=O)n(CC(=C)C)c2=O)c(=O)n(CC(=C)C)c1=O. The molecule has 0 N–H and O–H groups in total. The molecule has 0 amide bonds. The van der Waals surface area contributed by atoms with E-state index >= 15 is 0 Å². The molecular weight excluding hydrogens is 508 g/mol. The van der Waals surface area contributed by atoms with Gasteiger partial charge in [-0.05, 0) is 27.7 Å². The third-order valence-corrected chi connectivity index (χ3v) is 5.40. The van der Waals surface area contributed by atoms with Crippen LogP contribution in [0.25, 0.3) is 0 Å². The van der Waals surface area contributed by atoms with E-state index in [1.54, 1.807) is 27.7 Å². The summed E-state index contributed by atoms with van der Waals surface area (Å²) in [4.78, 5) is 77.1. The van der Waals surface area contributed by atoms with Crippen LogP contribution >= 0.6 is 0 Å². The van der Waals surface area contributed by atoms with Crippen molar-refractivity contribution in [2.24, 2.45) is 0 Å². The lowest BCUT2D eigenvalue weighted by Crippen LogP contribution is -2.55. The molecule has 39 heavy (non-hydrogen) atoms. The molecular formula is C26H36N6O7. The fraction of sp³-hybridized carbons (Fsp3) is 0.462. The van der Waals surface area contributed by atoms with Crippen LogP contribution in [0.1, 0.15) is 27.7 Å². The Balaban J connectivity index is 2.33. The predicted octanol–water partition coefficient (Wildman–Crippen LogP) is -0.322. The molecule has 0 saturated heterocycles. The van der Waals surface area contributed by atoms with Crippen molar-refractivity contribution in [3.05, 3.63) is 112 Å². The van der Waals surface area contributed by atoms with Crippen LogP contribution in [0.15, 0.2) is 77.4 Å². The van der Waals surface area contributed by atoms with Gasteiger partial charge in [0.2, 0.25) is 0 Å². The minimum Gasteiger partial charge on any atom is -0.378 e. The van der Waals surface area contributed by atoms with Crippen LogP contribution in [0.4, 0.5) is 0 Å². The number of hydrogen-bond acceptors (Lipinski definition) is 7. The third kappa shape index (κ3) is 7.41. The zero-order chi connectivity index (χ0) is 29.6. The molecule has 212 valence electrons. The average Bonchev–Trinajstić information content (AvgIpc) is 2.83. The van der Waals surface area contributed by atoms with Crippen LogP contribution in [0.3, 0.4) is 0 Å². The van der Waals surface area contributed by atoms with Gasteiger partial charge in [0.05, 0.1) is 52.5 Å². The Bertz CT molecular complexity index is 1440. The van der Waals surface area contributed by atoms with Crippen molar-refractivity contribution in [2.45, 2.75) is 67.0 Å². The minimum absolute atomic E-state index is 0.0612. The van der Waals surface area contributed by atoms with Gasteiger partial charge in [0, 0.05) is 0 Å². The number of aromatic nitrogens is 6. The maximum Gasteiger partial charge on any atom is 0.336 e. The molecule has 0 aliphatic carbocycles. The van der Waals surface area contributed by atoms with E-state index in [0.29, 0.717) is 22.3 Å². The van der Waals surface area contributed by atoms with Crippen LogP contribution in [-0.2, 0) is 44.0 Å². The molecule has 0 aliphatic rings. The molecule has 13 heteroatoms. The highest BCUT2D eigenvalue weighted by molar-refractivity contribution is 4.96. The number of allylic oxidation sites excluding steroid dienone is 4. The highest BCUT2D eigenvalue weighted by Gasteiger charge is 2.17. The molecule has 0 atom stereocenters. The van der Waals surface area contributed by atoms with Gasteiger partial charge in [-0.3, -0.25) is 0 Å². The maximum atomic E-state index is 12.9. The van der Waals surface area contributed by atoms with Crippen LogP contribution in [0, 0.1) is 0 Å². The summed E-state index contributed by atoms with van der Waals surface area (Å²) in [7, 11) is 0. The second kappa shape index (κ2) is 13.0. The van der Waals surface area contributed by atoms with E-state index in [0.717, 1.165) is 27.4 Å². The van der Waals surface area contributed by atoms with E-state index in [4.69, 9.17) is 4.74 Å². The molecule has 0 fully saturated rings. The van der Waals surface area contributed by atoms with Crippen molar-refractivity contribution in [1.82, 2.24) is 27.4 Å². The van der Waals surface area contributed by atoms with E-state index in [2.05, 4.69) is 26.3 Å². The number of rotatable bonds is 14. The van der Waals surface area contributed by atoms with Gasteiger partial charge >= 0.3 is 34.1 Å². The van der Waals surface area contributed by atoms with Gasteiger partial charge in [0.15, 0.2) is 0 Å². The van der Waals surface area contributed by atoms with Crippen molar-refractivity contribution in [3.63, 3.8) is 0 Å². The van der Waals surface area contributed by atoms with E-state index in [9.17, 15) is 28.8 Å². The Morgan fingerprint density at radius 1 is 0.462 bits per heavy atom. The predicted molar refractivity (Wildman–Crippen MR) is 149 cm³/mol. The summed E-state index contributed by atoms with van der Waals surface area (Å²) < 4.78 is 11.0. The summed E-state index contributed by atoms with van der Waals surface area (Å²) in [6.45, 7) is 20.6. The zero-order valence-corrected chi connectivity index (χ0v) is 23.0. The van der Waals surface area contributed by atoms with Crippen molar-refractivity contribution in [2.75, 3.05) is 13.2 Å². The first kappa shape index (κ1) is 31.0. The number of ether oxygens (including phenoxy) is 1. The molecule has 13 nitrogen and oxygen atoms in total. The Morgan fingerprint density at radius 2 is 0.667 bits per heavy atom. The first-order chi connectivity index (χ1) is 18.2. The van der Waals surface area contributed by atoms with Gasteiger partial charge < -0.3 is 4.74 Å². The second-order valence-electron chi connectivity index (χ2n) is 9.78. The van der Waals surface area contributed by atoms with Crippen LogP contribution in [0.2, 0.25) is 0 Å². The normalized spacial score (nSPS) is 11.0. The van der Waals surface area contributed by atoms with E-state index < -0.39 is 34.1 Å². The third-order valence-electron chi connectivity index (χ3n) is 5.40. The molecule has 0 bridgehead atoms. The monoisotopic (exact) mass is 544 g/mol. The topological polar surface area (TPSA) is 141 Å². The Labute approximate surface area is 224 Å². The van der Waals surface area contributed by atoms with E-state index in [1.807, 2.05) is 0 Å². The fourth-order valence-corrected chi connectivity index (χ4v) is 3.78. The van der Waals surface area contributed by atoms with Crippen LogP contribution in [-0.4, -0.2) is 40.6 Å². The zero-order valence-electron chi connectivity index (χ0n) is 23.0. The summed E-state index contributed by atoms with van der Waals surface area (Å²) in [5.74, 6) is 0. The summed E-state index contributed by atoms with van der Waals surface area (Å²) in [6, 6.07) is 0. The summed E-state index contributed by atoms with van der Waals surface area (Å²) in [6.07, 6.45) is 0. The highest BCUT2D eigenvalue weighted by Crippen LogP contribution is 1.93. The van der Waals surface area contributed by atoms with Crippen molar-refractivity contribution in [3.8, 4) is 0 Å². The number of nitrogens with zero attached hydrogens (tertiary/aromatic N) is 6. The molecule has 0 unspecified atom stereocenters. The average molecular weight is 545 g/mol. The largest absolute Gasteiger partial charge is 0.378 e. The smallest absolute Gasteiger partial charge is 0.336 e. The molecule has 2 heterocycles. The van der Waals surface area contributed by atoms with Gasteiger partial charge in [0.1, 0.15) is 0 Å². The summed E-state index contributed by atoms with van der Waals surface area (Å²) in [5, 5.41) is 0. The minimum atomic E-state index is -0.805. The van der Waals surface area contributed by atoms with E-state index in [1.165, 1.54) is 0 Å². The first-order valence-corrected chi connectivity index (χ1v) is 12.2. The lowest BCUT2D eigenvalue weighted by Gasteiger charge is -2.15. The van der Waals surface area contributed by atoms with Gasteiger partial charge in [-0.1, -0.05) is 48.6 Å². The summed E-state index contributed by atoms with van der Waals surface area (Å²) in [5.41, 5.74) is -2.55. The van der Waals surface area contributed by atoms with E-state index in [-0.39, 0.29) is 52.5 Å².